The van der Waals surface area contributed by atoms with E-state index in [-0.39, 0.29) is 17.7 Å². The van der Waals surface area contributed by atoms with E-state index in [1.54, 1.807) is 0 Å². The predicted octanol–water partition coefficient (Wildman–Crippen LogP) is 3.46. The molecule has 1 saturated heterocycles. The van der Waals surface area contributed by atoms with Crippen LogP contribution in [0.15, 0.2) is 28.7 Å². The zero-order valence-corrected chi connectivity index (χ0v) is 15.9. The summed E-state index contributed by atoms with van der Waals surface area (Å²) < 4.78 is 11.9. The van der Waals surface area contributed by atoms with Crippen molar-refractivity contribution in [3.05, 3.63) is 41.3 Å². The Balaban J connectivity index is 1.56. The fraction of sp³-hybridized carbons (Fsp3) is 0.571. The minimum Gasteiger partial charge on any atom is -0.441 e. The summed E-state index contributed by atoms with van der Waals surface area (Å²) in [7, 11) is 1.81. The Bertz CT molecular complexity index is 787. The first-order chi connectivity index (χ1) is 12.5. The molecule has 1 aromatic carbocycles. The number of aliphatic hydroxyl groups excluding tert-OH is 1. The summed E-state index contributed by atoms with van der Waals surface area (Å²) >= 11 is 0. The van der Waals surface area contributed by atoms with Gasteiger partial charge in [0.15, 0.2) is 0 Å². The van der Waals surface area contributed by atoms with Gasteiger partial charge in [0.1, 0.15) is 5.76 Å². The molecule has 0 amide bonds. The third-order valence-corrected chi connectivity index (χ3v) is 6.18. The number of methoxy groups -OCH3 is 1. The van der Waals surface area contributed by atoms with Gasteiger partial charge in [-0.1, -0.05) is 17.7 Å². The van der Waals surface area contributed by atoms with E-state index in [4.69, 9.17) is 14.1 Å². The third-order valence-electron chi connectivity index (χ3n) is 6.18. The van der Waals surface area contributed by atoms with Crippen molar-refractivity contribution in [2.24, 2.45) is 0 Å². The van der Waals surface area contributed by atoms with Gasteiger partial charge in [-0.25, -0.2) is 4.98 Å². The normalized spacial score (nSPS) is 29.1. The standard InChI is InChI=1S/C21H28N2O3/c1-14-5-4-6-16(11-14)20-22-18(15(2)26-20)13-23-10-9-21(25-3)8-7-17(24)12-19(21)23/h4-6,11,17,19,24H,7-10,12-13H2,1-3H3/t17-,19+,21-/m0/s1. The van der Waals surface area contributed by atoms with Crippen molar-refractivity contribution < 1.29 is 14.3 Å². The number of rotatable bonds is 4. The molecule has 1 aliphatic carbocycles. The van der Waals surface area contributed by atoms with Crippen LogP contribution in [0.25, 0.3) is 11.5 Å². The molecule has 1 aliphatic heterocycles. The molecule has 5 heteroatoms. The second-order valence-electron chi connectivity index (χ2n) is 7.82. The van der Waals surface area contributed by atoms with Crippen LogP contribution in [-0.4, -0.2) is 46.4 Å². The zero-order valence-electron chi connectivity index (χ0n) is 15.9. The maximum absolute atomic E-state index is 10.2. The average Bonchev–Trinajstić information content (AvgIpc) is 3.17. The molecule has 0 bridgehead atoms. The van der Waals surface area contributed by atoms with Crippen LogP contribution in [0, 0.1) is 13.8 Å². The summed E-state index contributed by atoms with van der Waals surface area (Å²) in [5.41, 5.74) is 3.07. The molecular formula is C21H28N2O3. The van der Waals surface area contributed by atoms with Crippen LogP contribution in [0.4, 0.5) is 0 Å². The summed E-state index contributed by atoms with van der Waals surface area (Å²) in [5.74, 6) is 1.55. The molecule has 3 atom stereocenters. The molecular weight excluding hydrogens is 328 g/mol. The molecule has 140 valence electrons. The van der Waals surface area contributed by atoms with E-state index >= 15 is 0 Å². The van der Waals surface area contributed by atoms with Gasteiger partial charge in [-0.05, 0) is 51.7 Å². The molecule has 1 aromatic heterocycles. The van der Waals surface area contributed by atoms with E-state index in [1.165, 1.54) is 5.56 Å². The maximum atomic E-state index is 10.2. The Kier molecular flexibility index (Phi) is 4.63. The van der Waals surface area contributed by atoms with Crippen LogP contribution in [0.1, 0.15) is 42.7 Å². The monoisotopic (exact) mass is 356 g/mol. The lowest BCUT2D eigenvalue weighted by Gasteiger charge is -2.42. The Morgan fingerprint density at radius 3 is 2.96 bits per heavy atom. The largest absolute Gasteiger partial charge is 0.441 e. The minimum atomic E-state index is -0.231. The summed E-state index contributed by atoms with van der Waals surface area (Å²) in [6.45, 7) is 5.76. The fourth-order valence-corrected chi connectivity index (χ4v) is 4.63. The van der Waals surface area contributed by atoms with Crippen molar-refractivity contribution >= 4 is 0 Å². The molecule has 26 heavy (non-hydrogen) atoms. The van der Waals surface area contributed by atoms with Crippen LogP contribution in [0.2, 0.25) is 0 Å². The lowest BCUT2D eigenvalue weighted by atomic mass is 9.79. The molecule has 5 nitrogen and oxygen atoms in total. The van der Waals surface area contributed by atoms with Crippen molar-refractivity contribution in [2.45, 2.75) is 63.8 Å². The fourth-order valence-electron chi connectivity index (χ4n) is 4.63. The number of ether oxygens (including phenoxy) is 1. The summed E-state index contributed by atoms with van der Waals surface area (Å²) in [4.78, 5) is 7.19. The molecule has 2 aliphatic rings. The van der Waals surface area contributed by atoms with Gasteiger partial charge >= 0.3 is 0 Å². The number of hydrogen-bond donors (Lipinski definition) is 1. The average molecular weight is 356 g/mol. The first-order valence-electron chi connectivity index (χ1n) is 9.51. The van der Waals surface area contributed by atoms with Crippen molar-refractivity contribution in [1.29, 1.82) is 0 Å². The lowest BCUT2D eigenvalue weighted by Crippen LogP contribution is -2.51. The van der Waals surface area contributed by atoms with Gasteiger partial charge in [0.05, 0.1) is 17.4 Å². The molecule has 2 fully saturated rings. The number of hydrogen-bond acceptors (Lipinski definition) is 5. The molecule has 1 saturated carbocycles. The quantitative estimate of drug-likeness (QED) is 0.909. The highest BCUT2D eigenvalue weighted by molar-refractivity contribution is 5.54. The highest BCUT2D eigenvalue weighted by atomic mass is 16.5. The topological polar surface area (TPSA) is 58.7 Å². The second kappa shape index (κ2) is 6.80. The summed E-state index contributed by atoms with van der Waals surface area (Å²) in [6, 6.07) is 8.47. The lowest BCUT2D eigenvalue weighted by molar-refractivity contribution is -0.0880. The van der Waals surface area contributed by atoms with Crippen molar-refractivity contribution in [2.75, 3.05) is 13.7 Å². The summed E-state index contributed by atoms with van der Waals surface area (Å²) in [6.07, 6.45) is 3.32. The Hall–Kier alpha value is -1.69. The van der Waals surface area contributed by atoms with Crippen molar-refractivity contribution in [3.8, 4) is 11.5 Å². The molecule has 0 radical (unpaired) electrons. The predicted molar refractivity (Wildman–Crippen MR) is 99.8 cm³/mol. The van der Waals surface area contributed by atoms with Gasteiger partial charge in [0, 0.05) is 31.8 Å². The van der Waals surface area contributed by atoms with Gasteiger partial charge in [0.2, 0.25) is 5.89 Å². The van der Waals surface area contributed by atoms with Crippen molar-refractivity contribution in [3.63, 3.8) is 0 Å². The Morgan fingerprint density at radius 1 is 1.35 bits per heavy atom. The van der Waals surface area contributed by atoms with Gasteiger partial charge in [-0.2, -0.15) is 0 Å². The molecule has 1 N–H and O–H groups in total. The number of likely N-dealkylation sites (tertiary alicyclic amines) is 1. The number of oxazole rings is 1. The van der Waals surface area contributed by atoms with Crippen molar-refractivity contribution in [1.82, 2.24) is 9.88 Å². The van der Waals surface area contributed by atoms with Crippen LogP contribution in [-0.2, 0) is 11.3 Å². The SMILES string of the molecule is CO[C@]12CC[C@H](O)C[C@H]1N(Cc1nc(-c3cccc(C)c3)oc1C)CC2. The van der Waals surface area contributed by atoms with Crippen LogP contribution in [0.5, 0.6) is 0 Å². The van der Waals surface area contributed by atoms with Gasteiger partial charge in [0.25, 0.3) is 0 Å². The Morgan fingerprint density at radius 2 is 2.19 bits per heavy atom. The highest BCUT2D eigenvalue weighted by Gasteiger charge is 2.50. The molecule has 4 rings (SSSR count). The maximum Gasteiger partial charge on any atom is 0.226 e. The van der Waals surface area contributed by atoms with E-state index in [9.17, 15) is 5.11 Å². The molecule has 0 unspecified atom stereocenters. The van der Waals surface area contributed by atoms with Gasteiger partial charge in [-0.3, -0.25) is 4.90 Å². The number of aryl methyl sites for hydroxylation is 2. The van der Waals surface area contributed by atoms with E-state index < -0.39 is 0 Å². The van der Waals surface area contributed by atoms with Gasteiger partial charge < -0.3 is 14.3 Å². The highest BCUT2D eigenvalue weighted by Crippen LogP contribution is 2.43. The third kappa shape index (κ3) is 3.08. The van der Waals surface area contributed by atoms with Crippen LogP contribution < -0.4 is 0 Å². The van der Waals surface area contributed by atoms with E-state index in [0.717, 1.165) is 55.8 Å². The van der Waals surface area contributed by atoms with Gasteiger partial charge in [-0.15, -0.1) is 0 Å². The second-order valence-corrected chi connectivity index (χ2v) is 7.82. The van der Waals surface area contributed by atoms with E-state index in [2.05, 4.69) is 24.0 Å². The van der Waals surface area contributed by atoms with Crippen LogP contribution in [0.3, 0.4) is 0 Å². The minimum absolute atomic E-state index is 0.115. The number of aliphatic hydroxyl groups is 1. The van der Waals surface area contributed by atoms with Crippen LogP contribution >= 0.6 is 0 Å². The smallest absolute Gasteiger partial charge is 0.226 e. The number of benzene rings is 1. The molecule has 0 spiro atoms. The zero-order chi connectivity index (χ0) is 18.3. The molecule has 2 heterocycles. The Labute approximate surface area is 155 Å². The first-order valence-corrected chi connectivity index (χ1v) is 9.51. The molecule has 2 aromatic rings. The number of fused-ring (bicyclic) bond motifs is 1. The van der Waals surface area contributed by atoms with E-state index in [0.29, 0.717) is 5.89 Å². The van der Waals surface area contributed by atoms with E-state index in [1.807, 2.05) is 26.2 Å². The number of aromatic nitrogens is 1. The summed E-state index contributed by atoms with van der Waals surface area (Å²) in [5, 5.41) is 10.2. The first kappa shape index (κ1) is 17.7. The number of nitrogens with zero attached hydrogens (tertiary/aromatic N) is 2.